The first kappa shape index (κ1) is 21.1. The van der Waals surface area contributed by atoms with E-state index in [2.05, 4.69) is 4.57 Å². The summed E-state index contributed by atoms with van der Waals surface area (Å²) in [5, 5.41) is 0. The Bertz CT molecular complexity index is 881. The number of hydrogen-bond acceptors (Lipinski definition) is 3. The van der Waals surface area contributed by atoms with Crippen molar-refractivity contribution in [2.75, 3.05) is 7.11 Å². The molecule has 156 valence electrons. The minimum Gasteiger partial charge on any atom is -0.469 e. The summed E-state index contributed by atoms with van der Waals surface area (Å²) in [7, 11) is 1.37. The molecule has 2 N–H and O–H groups in total. The lowest BCUT2D eigenvalue weighted by Crippen LogP contribution is -2.18. The molecule has 0 unspecified atom stereocenters. The highest BCUT2D eigenvalue weighted by Gasteiger charge is 2.27. The number of aromatic nitrogens is 1. The molecule has 1 aliphatic carbocycles. The number of esters is 1. The third-order valence-electron chi connectivity index (χ3n) is 5.97. The third-order valence-corrected chi connectivity index (χ3v) is 5.97. The maximum absolute atomic E-state index is 13.5. The second-order valence-electron chi connectivity index (χ2n) is 7.84. The average Bonchev–Trinajstić information content (AvgIpc) is 2.99. The standard InChI is InChI=1S/C23H29FN2O3/c1-15-21(23(25)28)22(17-8-10-18(24)11-9-17)19(12-13-20(27)29-2)26(15)14-16-6-4-3-5-7-16/h8-11,16H,3-7,12-14H2,1-2H3,(H2,25,28). The van der Waals surface area contributed by atoms with Crippen molar-refractivity contribution in [1.29, 1.82) is 0 Å². The molecule has 0 bridgehead atoms. The number of halogens is 1. The third kappa shape index (κ3) is 4.69. The molecule has 1 aromatic heterocycles. The van der Waals surface area contributed by atoms with Crippen LogP contribution in [-0.4, -0.2) is 23.6 Å². The largest absolute Gasteiger partial charge is 0.469 e. The van der Waals surface area contributed by atoms with Crippen molar-refractivity contribution in [2.45, 2.75) is 58.4 Å². The van der Waals surface area contributed by atoms with Gasteiger partial charge in [0.1, 0.15) is 5.82 Å². The number of benzene rings is 1. The van der Waals surface area contributed by atoms with Gasteiger partial charge in [-0.05, 0) is 49.8 Å². The highest BCUT2D eigenvalue weighted by molar-refractivity contribution is 6.02. The fourth-order valence-electron chi connectivity index (χ4n) is 4.48. The van der Waals surface area contributed by atoms with Gasteiger partial charge in [0.25, 0.3) is 5.91 Å². The van der Waals surface area contributed by atoms with E-state index in [0.29, 0.717) is 23.5 Å². The maximum Gasteiger partial charge on any atom is 0.305 e. The number of methoxy groups -OCH3 is 1. The van der Waals surface area contributed by atoms with Gasteiger partial charge in [-0.15, -0.1) is 0 Å². The maximum atomic E-state index is 13.5. The van der Waals surface area contributed by atoms with Crippen LogP contribution in [0.5, 0.6) is 0 Å². The molecule has 1 saturated carbocycles. The summed E-state index contributed by atoms with van der Waals surface area (Å²) in [6, 6.07) is 6.06. The number of nitrogens with two attached hydrogens (primary N) is 1. The smallest absolute Gasteiger partial charge is 0.305 e. The lowest BCUT2D eigenvalue weighted by atomic mass is 9.89. The second-order valence-corrected chi connectivity index (χ2v) is 7.84. The Balaban J connectivity index is 2.11. The molecular formula is C23H29FN2O3. The van der Waals surface area contributed by atoms with Crippen LogP contribution in [-0.2, 0) is 22.5 Å². The molecule has 1 amide bonds. The molecule has 1 aromatic carbocycles. The zero-order valence-electron chi connectivity index (χ0n) is 17.2. The van der Waals surface area contributed by atoms with E-state index in [1.165, 1.54) is 38.5 Å². The Labute approximate surface area is 171 Å². The number of nitrogens with zero attached hydrogens (tertiary/aromatic N) is 1. The summed E-state index contributed by atoms with van der Waals surface area (Å²) in [6.07, 6.45) is 6.66. The molecule has 1 heterocycles. The van der Waals surface area contributed by atoms with E-state index in [9.17, 15) is 14.0 Å². The summed E-state index contributed by atoms with van der Waals surface area (Å²) in [5.41, 5.74) is 9.34. The quantitative estimate of drug-likeness (QED) is 0.701. The van der Waals surface area contributed by atoms with Gasteiger partial charge in [-0.25, -0.2) is 4.39 Å². The zero-order valence-corrected chi connectivity index (χ0v) is 17.2. The molecular weight excluding hydrogens is 371 g/mol. The molecule has 0 aliphatic heterocycles. The van der Waals surface area contributed by atoms with Crippen LogP contribution >= 0.6 is 0 Å². The Morgan fingerprint density at radius 3 is 2.41 bits per heavy atom. The van der Waals surface area contributed by atoms with E-state index in [1.807, 2.05) is 6.92 Å². The van der Waals surface area contributed by atoms with Crippen LogP contribution in [0.15, 0.2) is 24.3 Å². The fourth-order valence-corrected chi connectivity index (χ4v) is 4.48. The molecule has 0 radical (unpaired) electrons. The molecule has 5 nitrogen and oxygen atoms in total. The highest BCUT2D eigenvalue weighted by Crippen LogP contribution is 2.36. The van der Waals surface area contributed by atoms with Crippen LogP contribution in [0.2, 0.25) is 0 Å². The van der Waals surface area contributed by atoms with Crippen molar-refractivity contribution in [3.8, 4) is 11.1 Å². The Morgan fingerprint density at radius 1 is 1.17 bits per heavy atom. The van der Waals surface area contributed by atoms with Gasteiger partial charge in [0.15, 0.2) is 0 Å². The number of hydrogen-bond donors (Lipinski definition) is 1. The predicted molar refractivity (Wildman–Crippen MR) is 110 cm³/mol. The van der Waals surface area contributed by atoms with Gasteiger partial charge in [0, 0.05) is 23.5 Å². The fraction of sp³-hybridized carbons (Fsp3) is 0.478. The van der Waals surface area contributed by atoms with Gasteiger partial charge in [0.05, 0.1) is 19.1 Å². The first-order valence-corrected chi connectivity index (χ1v) is 10.3. The van der Waals surface area contributed by atoms with Gasteiger partial charge in [-0.3, -0.25) is 9.59 Å². The van der Waals surface area contributed by atoms with E-state index >= 15 is 0 Å². The average molecular weight is 400 g/mol. The molecule has 6 heteroatoms. The lowest BCUT2D eigenvalue weighted by Gasteiger charge is -2.24. The van der Waals surface area contributed by atoms with Gasteiger partial charge < -0.3 is 15.0 Å². The van der Waals surface area contributed by atoms with E-state index in [0.717, 1.165) is 36.3 Å². The SMILES string of the molecule is COC(=O)CCc1c(-c2ccc(F)cc2)c(C(N)=O)c(C)n1CC1CCCCC1. The number of amides is 1. The monoisotopic (exact) mass is 400 g/mol. The number of carbonyl (C=O) groups is 2. The zero-order chi connectivity index (χ0) is 21.0. The van der Waals surface area contributed by atoms with E-state index in [4.69, 9.17) is 10.5 Å². The summed E-state index contributed by atoms with van der Waals surface area (Å²) in [6.45, 7) is 2.70. The summed E-state index contributed by atoms with van der Waals surface area (Å²) in [4.78, 5) is 24.2. The number of carbonyl (C=O) groups excluding carboxylic acids is 2. The van der Waals surface area contributed by atoms with Crippen molar-refractivity contribution >= 4 is 11.9 Å². The van der Waals surface area contributed by atoms with Gasteiger partial charge in [-0.1, -0.05) is 31.4 Å². The normalized spacial score (nSPS) is 14.7. The number of rotatable bonds is 7. The molecule has 1 aliphatic rings. The van der Waals surface area contributed by atoms with Crippen molar-refractivity contribution in [1.82, 2.24) is 4.57 Å². The predicted octanol–water partition coefficient (Wildman–Crippen LogP) is 4.39. The Hall–Kier alpha value is -2.63. The topological polar surface area (TPSA) is 74.3 Å². The first-order chi connectivity index (χ1) is 13.9. The van der Waals surface area contributed by atoms with Crippen LogP contribution < -0.4 is 5.73 Å². The second kappa shape index (κ2) is 9.25. The lowest BCUT2D eigenvalue weighted by molar-refractivity contribution is -0.140. The van der Waals surface area contributed by atoms with Crippen LogP contribution in [0.1, 0.15) is 60.3 Å². The van der Waals surface area contributed by atoms with Crippen LogP contribution in [0, 0.1) is 18.7 Å². The van der Waals surface area contributed by atoms with Crippen molar-refractivity contribution < 1.29 is 18.7 Å². The molecule has 0 saturated heterocycles. The van der Waals surface area contributed by atoms with Gasteiger partial charge >= 0.3 is 5.97 Å². The number of ether oxygens (including phenoxy) is 1. The van der Waals surface area contributed by atoms with E-state index < -0.39 is 5.91 Å². The van der Waals surface area contributed by atoms with Crippen molar-refractivity contribution in [3.05, 3.63) is 47.0 Å². The molecule has 1 fully saturated rings. The number of primary amides is 1. The molecule has 3 rings (SSSR count). The van der Waals surface area contributed by atoms with Crippen LogP contribution in [0.25, 0.3) is 11.1 Å². The minimum absolute atomic E-state index is 0.205. The summed E-state index contributed by atoms with van der Waals surface area (Å²) >= 11 is 0. The summed E-state index contributed by atoms with van der Waals surface area (Å²) < 4.78 is 20.5. The molecule has 2 aromatic rings. The Morgan fingerprint density at radius 2 is 1.83 bits per heavy atom. The Kier molecular flexibility index (Phi) is 6.72. The highest BCUT2D eigenvalue weighted by atomic mass is 19.1. The van der Waals surface area contributed by atoms with Crippen LogP contribution in [0.4, 0.5) is 4.39 Å². The van der Waals surface area contributed by atoms with E-state index in [1.54, 1.807) is 12.1 Å². The first-order valence-electron chi connectivity index (χ1n) is 10.3. The minimum atomic E-state index is -0.511. The van der Waals surface area contributed by atoms with Crippen molar-refractivity contribution in [2.24, 2.45) is 11.7 Å². The van der Waals surface area contributed by atoms with Gasteiger partial charge in [0.2, 0.25) is 0 Å². The van der Waals surface area contributed by atoms with E-state index in [-0.39, 0.29) is 18.2 Å². The molecule has 0 spiro atoms. The summed E-state index contributed by atoms with van der Waals surface area (Å²) in [5.74, 6) is -0.625. The van der Waals surface area contributed by atoms with Crippen molar-refractivity contribution in [3.63, 3.8) is 0 Å². The molecule has 29 heavy (non-hydrogen) atoms. The van der Waals surface area contributed by atoms with Gasteiger partial charge in [-0.2, -0.15) is 0 Å². The van der Waals surface area contributed by atoms with Crippen LogP contribution in [0.3, 0.4) is 0 Å². The molecule has 0 atom stereocenters.